The average molecular weight is 273 g/mol. The van der Waals surface area contributed by atoms with Gasteiger partial charge in [-0.1, -0.05) is 12.1 Å². The second kappa shape index (κ2) is 4.61. The van der Waals surface area contributed by atoms with Gasteiger partial charge < -0.3 is 5.32 Å². The van der Waals surface area contributed by atoms with E-state index in [0.29, 0.717) is 5.92 Å². The molecule has 4 nitrogen and oxygen atoms in total. The zero-order chi connectivity index (χ0) is 10.8. The summed E-state index contributed by atoms with van der Waals surface area (Å²) in [6, 6.07) is 0. The summed E-state index contributed by atoms with van der Waals surface area (Å²) in [5, 5.41) is 11.5. The minimum atomic E-state index is 0.624. The minimum Gasteiger partial charge on any atom is -0.317 e. The summed E-state index contributed by atoms with van der Waals surface area (Å²) in [5.41, 5.74) is 1.25. The molecular weight excluding hydrogens is 256 g/mol. The molecule has 15 heavy (non-hydrogen) atoms. The fourth-order valence-electron chi connectivity index (χ4n) is 2.24. The van der Waals surface area contributed by atoms with E-state index in [1.54, 1.807) is 0 Å². The molecule has 1 heterocycles. The SMILES string of the molecule is CCNCC1CCC1c1c(Br)nnn1C. The summed E-state index contributed by atoms with van der Waals surface area (Å²) >= 11 is 3.47. The zero-order valence-corrected chi connectivity index (χ0v) is 10.8. The van der Waals surface area contributed by atoms with Crippen LogP contribution in [0.5, 0.6) is 0 Å². The highest BCUT2D eigenvalue weighted by Gasteiger charge is 2.35. The number of aryl methyl sites for hydroxylation is 1. The Kier molecular flexibility index (Phi) is 3.41. The Hall–Kier alpha value is -0.420. The van der Waals surface area contributed by atoms with Crippen LogP contribution in [0.4, 0.5) is 0 Å². The highest BCUT2D eigenvalue weighted by atomic mass is 79.9. The van der Waals surface area contributed by atoms with E-state index in [-0.39, 0.29) is 0 Å². The molecule has 1 aromatic heterocycles. The third kappa shape index (κ3) is 2.08. The molecule has 1 saturated carbocycles. The highest BCUT2D eigenvalue weighted by molar-refractivity contribution is 9.10. The lowest BCUT2D eigenvalue weighted by atomic mass is 9.72. The van der Waals surface area contributed by atoms with Gasteiger partial charge in [0.15, 0.2) is 4.60 Å². The van der Waals surface area contributed by atoms with Crippen molar-refractivity contribution in [2.75, 3.05) is 13.1 Å². The van der Waals surface area contributed by atoms with Crippen LogP contribution in [0.3, 0.4) is 0 Å². The Morgan fingerprint density at radius 1 is 1.53 bits per heavy atom. The summed E-state index contributed by atoms with van der Waals surface area (Å²) in [6.07, 6.45) is 2.57. The number of hydrogen-bond donors (Lipinski definition) is 1. The topological polar surface area (TPSA) is 42.7 Å². The number of nitrogens with one attached hydrogen (secondary N) is 1. The fraction of sp³-hybridized carbons (Fsp3) is 0.800. The molecule has 0 saturated heterocycles. The number of rotatable bonds is 4. The van der Waals surface area contributed by atoms with Gasteiger partial charge in [-0.25, -0.2) is 0 Å². The van der Waals surface area contributed by atoms with Crippen LogP contribution in [-0.4, -0.2) is 28.1 Å². The smallest absolute Gasteiger partial charge is 0.151 e. The molecular formula is C10H17BrN4. The van der Waals surface area contributed by atoms with Crippen molar-refractivity contribution in [3.8, 4) is 0 Å². The molecule has 0 amide bonds. The first-order chi connectivity index (χ1) is 7.24. The highest BCUT2D eigenvalue weighted by Crippen LogP contribution is 2.43. The second-order valence-corrected chi connectivity index (χ2v) is 4.89. The average Bonchev–Trinajstić information content (AvgIpc) is 2.49. The third-order valence-electron chi connectivity index (χ3n) is 3.25. The molecule has 0 aromatic carbocycles. The zero-order valence-electron chi connectivity index (χ0n) is 9.20. The van der Waals surface area contributed by atoms with Gasteiger partial charge in [-0.2, -0.15) is 0 Å². The van der Waals surface area contributed by atoms with Gasteiger partial charge in [0.2, 0.25) is 0 Å². The molecule has 5 heteroatoms. The first-order valence-corrected chi connectivity index (χ1v) is 6.29. The predicted molar refractivity (Wildman–Crippen MR) is 62.7 cm³/mol. The van der Waals surface area contributed by atoms with E-state index in [1.807, 2.05) is 11.7 Å². The van der Waals surface area contributed by atoms with Crippen molar-refractivity contribution in [1.29, 1.82) is 0 Å². The van der Waals surface area contributed by atoms with Crippen molar-refractivity contribution in [2.24, 2.45) is 13.0 Å². The van der Waals surface area contributed by atoms with E-state index in [9.17, 15) is 0 Å². The van der Waals surface area contributed by atoms with Gasteiger partial charge in [0.05, 0.1) is 5.69 Å². The maximum absolute atomic E-state index is 4.04. The van der Waals surface area contributed by atoms with Crippen molar-refractivity contribution in [3.05, 3.63) is 10.3 Å². The molecule has 1 N–H and O–H groups in total. The summed E-state index contributed by atoms with van der Waals surface area (Å²) in [6.45, 7) is 4.31. The van der Waals surface area contributed by atoms with Crippen molar-refractivity contribution in [2.45, 2.75) is 25.7 Å². The second-order valence-electron chi connectivity index (χ2n) is 4.14. The molecule has 1 aliphatic carbocycles. The van der Waals surface area contributed by atoms with Crippen LogP contribution in [0.15, 0.2) is 4.60 Å². The van der Waals surface area contributed by atoms with Crippen molar-refractivity contribution >= 4 is 15.9 Å². The number of aromatic nitrogens is 3. The lowest BCUT2D eigenvalue weighted by Gasteiger charge is -2.36. The Labute approximate surface area is 98.6 Å². The lowest BCUT2D eigenvalue weighted by molar-refractivity contribution is 0.236. The van der Waals surface area contributed by atoms with Gasteiger partial charge in [-0.3, -0.25) is 4.68 Å². The Morgan fingerprint density at radius 2 is 2.33 bits per heavy atom. The van der Waals surface area contributed by atoms with E-state index in [0.717, 1.165) is 23.6 Å². The molecule has 2 rings (SSSR count). The Morgan fingerprint density at radius 3 is 2.80 bits per heavy atom. The van der Waals surface area contributed by atoms with Crippen LogP contribution in [0.2, 0.25) is 0 Å². The standard InChI is InChI=1S/C10H17BrN4/c1-3-12-6-7-4-5-8(7)9-10(11)13-14-15(9)2/h7-8,12H,3-6H2,1-2H3. The van der Waals surface area contributed by atoms with Crippen LogP contribution >= 0.6 is 15.9 Å². The molecule has 1 fully saturated rings. The van der Waals surface area contributed by atoms with Gasteiger partial charge in [0.1, 0.15) is 0 Å². The van der Waals surface area contributed by atoms with E-state index >= 15 is 0 Å². The van der Waals surface area contributed by atoms with Crippen molar-refractivity contribution < 1.29 is 0 Å². The molecule has 2 unspecified atom stereocenters. The summed E-state index contributed by atoms with van der Waals surface area (Å²) in [5.74, 6) is 1.37. The normalized spacial score (nSPS) is 25.3. The molecule has 1 aromatic rings. The maximum Gasteiger partial charge on any atom is 0.151 e. The molecule has 84 valence electrons. The van der Waals surface area contributed by atoms with E-state index in [4.69, 9.17) is 0 Å². The van der Waals surface area contributed by atoms with Crippen LogP contribution in [-0.2, 0) is 7.05 Å². The number of hydrogen-bond acceptors (Lipinski definition) is 3. The molecule has 0 bridgehead atoms. The maximum atomic E-state index is 4.04. The first-order valence-electron chi connectivity index (χ1n) is 5.49. The van der Waals surface area contributed by atoms with Crippen LogP contribution in [0, 0.1) is 5.92 Å². The fourth-order valence-corrected chi connectivity index (χ4v) is 2.86. The van der Waals surface area contributed by atoms with E-state index < -0.39 is 0 Å². The number of nitrogens with zero attached hydrogens (tertiary/aromatic N) is 3. The van der Waals surface area contributed by atoms with Crippen LogP contribution in [0.1, 0.15) is 31.4 Å². The summed E-state index contributed by atoms with van der Waals surface area (Å²) < 4.78 is 2.81. The summed E-state index contributed by atoms with van der Waals surface area (Å²) in [7, 11) is 1.97. The molecule has 2 atom stereocenters. The Balaban J connectivity index is 2.05. The van der Waals surface area contributed by atoms with Crippen molar-refractivity contribution in [3.63, 3.8) is 0 Å². The lowest BCUT2D eigenvalue weighted by Crippen LogP contribution is -2.34. The van der Waals surface area contributed by atoms with Gasteiger partial charge in [0, 0.05) is 13.0 Å². The quantitative estimate of drug-likeness (QED) is 0.907. The molecule has 0 radical (unpaired) electrons. The van der Waals surface area contributed by atoms with Gasteiger partial charge in [-0.05, 0) is 47.8 Å². The minimum absolute atomic E-state index is 0.624. The summed E-state index contributed by atoms with van der Waals surface area (Å²) in [4.78, 5) is 0. The van der Waals surface area contributed by atoms with Crippen LogP contribution in [0.25, 0.3) is 0 Å². The number of halogens is 1. The third-order valence-corrected chi connectivity index (χ3v) is 3.82. The Bertz CT molecular complexity index is 317. The van der Waals surface area contributed by atoms with Crippen molar-refractivity contribution in [1.82, 2.24) is 20.3 Å². The van der Waals surface area contributed by atoms with Gasteiger partial charge >= 0.3 is 0 Å². The van der Waals surface area contributed by atoms with E-state index in [1.165, 1.54) is 18.5 Å². The van der Waals surface area contributed by atoms with E-state index in [2.05, 4.69) is 38.5 Å². The molecule has 1 aliphatic rings. The van der Waals surface area contributed by atoms with Crippen LogP contribution < -0.4 is 5.32 Å². The molecule has 0 spiro atoms. The molecule has 0 aliphatic heterocycles. The predicted octanol–water partition coefficient (Wildman–Crippen LogP) is 1.68. The largest absolute Gasteiger partial charge is 0.317 e. The van der Waals surface area contributed by atoms with Gasteiger partial charge in [0.25, 0.3) is 0 Å². The monoisotopic (exact) mass is 272 g/mol. The van der Waals surface area contributed by atoms with Gasteiger partial charge in [-0.15, -0.1) is 5.10 Å². The first kappa shape index (κ1) is 11.1.